The highest BCUT2D eigenvalue weighted by molar-refractivity contribution is 7.99. The topological polar surface area (TPSA) is 88.9 Å². The fourth-order valence-electron chi connectivity index (χ4n) is 3.38. The lowest BCUT2D eigenvalue weighted by Crippen LogP contribution is -2.48. The van der Waals surface area contributed by atoms with Gasteiger partial charge in [0.25, 0.3) is 0 Å². The lowest BCUT2D eigenvalue weighted by molar-refractivity contribution is -0.117. The van der Waals surface area contributed by atoms with Gasteiger partial charge in [-0.05, 0) is 57.6 Å². The normalized spacial score (nSPS) is 16.4. The van der Waals surface area contributed by atoms with Crippen LogP contribution in [-0.2, 0) is 24.7 Å². The van der Waals surface area contributed by atoms with Crippen LogP contribution in [0.4, 0.5) is 4.79 Å². The second kappa shape index (κ2) is 8.87. The van der Waals surface area contributed by atoms with Crippen LogP contribution in [0.25, 0.3) is 10.7 Å². The zero-order chi connectivity index (χ0) is 21.2. The van der Waals surface area contributed by atoms with E-state index in [2.05, 4.69) is 33.8 Å². The zero-order valence-corrected chi connectivity index (χ0v) is 19.3. The number of thioether (sulfide) groups is 1. The number of carbonyl (C=O) groups excluding carboxylic acids is 2. The van der Waals surface area contributed by atoms with Gasteiger partial charge in [-0.1, -0.05) is 25.1 Å². The molecule has 2 aromatic rings. The number of aromatic nitrogens is 3. The highest BCUT2D eigenvalue weighted by Gasteiger charge is 2.23. The van der Waals surface area contributed by atoms with Crippen molar-refractivity contribution in [3.05, 3.63) is 16.5 Å². The van der Waals surface area contributed by atoms with Gasteiger partial charge in [0.15, 0.2) is 11.0 Å². The second-order valence-electron chi connectivity index (χ2n) is 8.48. The van der Waals surface area contributed by atoms with E-state index in [0.717, 1.165) is 29.5 Å². The van der Waals surface area contributed by atoms with Gasteiger partial charge in [0.1, 0.15) is 0 Å². The van der Waals surface area contributed by atoms with Gasteiger partial charge in [-0.15, -0.1) is 21.5 Å². The second-order valence-corrected chi connectivity index (χ2v) is 10.6. The van der Waals surface area contributed by atoms with Gasteiger partial charge in [-0.2, -0.15) is 0 Å². The Hall–Kier alpha value is -1.87. The van der Waals surface area contributed by atoms with Crippen LogP contribution in [0, 0.1) is 5.92 Å². The molecule has 7 nitrogen and oxygen atoms in total. The number of rotatable bonds is 5. The molecule has 0 radical (unpaired) electrons. The molecule has 0 saturated carbocycles. The van der Waals surface area contributed by atoms with Gasteiger partial charge in [-0.25, -0.2) is 4.79 Å². The van der Waals surface area contributed by atoms with Gasteiger partial charge in [-0.3, -0.25) is 10.1 Å². The Balaban J connectivity index is 1.61. The molecule has 0 saturated heterocycles. The van der Waals surface area contributed by atoms with Crippen LogP contribution in [0.15, 0.2) is 11.2 Å². The SMILES string of the molecule is CCC1CCc2sc(-c3nnc(SCC(=O)NC(=O)NC(C)(C)C)n3C)cc2C1. The molecule has 0 aliphatic heterocycles. The van der Waals surface area contributed by atoms with E-state index < -0.39 is 11.6 Å². The largest absolute Gasteiger partial charge is 0.333 e. The number of nitrogens with one attached hydrogen (secondary N) is 2. The Bertz CT molecular complexity index is 897. The smallest absolute Gasteiger partial charge is 0.321 e. The van der Waals surface area contributed by atoms with E-state index in [0.29, 0.717) is 5.16 Å². The Morgan fingerprint density at radius 1 is 1.34 bits per heavy atom. The molecule has 158 valence electrons. The van der Waals surface area contributed by atoms with Crippen molar-refractivity contribution in [2.45, 2.75) is 64.1 Å². The molecule has 0 spiro atoms. The quantitative estimate of drug-likeness (QED) is 0.698. The Morgan fingerprint density at radius 2 is 2.10 bits per heavy atom. The number of carbonyl (C=O) groups is 2. The lowest BCUT2D eigenvalue weighted by atomic mass is 9.87. The molecule has 1 unspecified atom stereocenters. The van der Waals surface area contributed by atoms with Crippen molar-refractivity contribution < 1.29 is 9.59 Å². The summed E-state index contributed by atoms with van der Waals surface area (Å²) in [5.41, 5.74) is 1.05. The van der Waals surface area contributed by atoms with Crippen molar-refractivity contribution in [3.63, 3.8) is 0 Å². The summed E-state index contributed by atoms with van der Waals surface area (Å²) in [6.45, 7) is 7.84. The Morgan fingerprint density at radius 3 is 2.79 bits per heavy atom. The van der Waals surface area contributed by atoms with E-state index in [1.54, 1.807) is 11.3 Å². The third kappa shape index (κ3) is 5.60. The zero-order valence-electron chi connectivity index (χ0n) is 17.7. The maximum atomic E-state index is 12.0. The van der Waals surface area contributed by atoms with E-state index in [4.69, 9.17) is 0 Å². The highest BCUT2D eigenvalue weighted by Crippen LogP contribution is 2.37. The number of fused-ring (bicyclic) bond motifs is 1. The molecule has 1 aliphatic carbocycles. The van der Waals surface area contributed by atoms with Crippen molar-refractivity contribution >= 4 is 35.0 Å². The minimum Gasteiger partial charge on any atom is -0.333 e. The number of imide groups is 1. The number of aryl methyl sites for hydroxylation is 1. The van der Waals surface area contributed by atoms with Crippen LogP contribution in [0.5, 0.6) is 0 Å². The molecule has 1 aliphatic rings. The Labute approximate surface area is 180 Å². The van der Waals surface area contributed by atoms with Crippen molar-refractivity contribution in [1.29, 1.82) is 0 Å². The average Bonchev–Trinajstić information content (AvgIpc) is 3.20. The number of thiophene rings is 1. The van der Waals surface area contributed by atoms with E-state index in [1.165, 1.54) is 35.0 Å². The van der Waals surface area contributed by atoms with Crippen molar-refractivity contribution in [2.75, 3.05) is 5.75 Å². The Kier molecular flexibility index (Phi) is 6.68. The summed E-state index contributed by atoms with van der Waals surface area (Å²) >= 11 is 3.07. The van der Waals surface area contributed by atoms with E-state index >= 15 is 0 Å². The van der Waals surface area contributed by atoms with Crippen molar-refractivity contribution in [3.8, 4) is 10.7 Å². The van der Waals surface area contributed by atoms with E-state index in [1.807, 2.05) is 32.4 Å². The summed E-state index contributed by atoms with van der Waals surface area (Å²) in [6, 6.07) is 1.76. The molecule has 2 heterocycles. The third-order valence-corrected chi connectivity index (χ3v) is 7.14. The number of hydrogen-bond acceptors (Lipinski definition) is 6. The summed E-state index contributed by atoms with van der Waals surface area (Å²) in [5.74, 6) is 1.34. The van der Waals surface area contributed by atoms with Gasteiger partial charge < -0.3 is 9.88 Å². The first-order valence-corrected chi connectivity index (χ1v) is 11.7. The molecule has 3 rings (SSSR count). The van der Waals surface area contributed by atoms with Crippen LogP contribution in [0.2, 0.25) is 0 Å². The summed E-state index contributed by atoms with van der Waals surface area (Å²) in [5, 5.41) is 14.3. The fraction of sp³-hybridized carbons (Fsp3) is 0.600. The maximum Gasteiger partial charge on any atom is 0.321 e. The highest BCUT2D eigenvalue weighted by atomic mass is 32.2. The van der Waals surface area contributed by atoms with Crippen molar-refractivity contribution in [2.24, 2.45) is 13.0 Å². The lowest BCUT2D eigenvalue weighted by Gasteiger charge is -2.20. The van der Waals surface area contributed by atoms with Gasteiger partial charge >= 0.3 is 6.03 Å². The molecular weight excluding hydrogens is 406 g/mol. The van der Waals surface area contributed by atoms with E-state index in [9.17, 15) is 9.59 Å². The monoisotopic (exact) mass is 435 g/mol. The number of hydrogen-bond donors (Lipinski definition) is 2. The van der Waals surface area contributed by atoms with Gasteiger partial charge in [0.05, 0.1) is 10.6 Å². The van der Waals surface area contributed by atoms with Crippen LogP contribution in [0.1, 0.15) is 51.0 Å². The molecule has 1 atom stereocenters. The summed E-state index contributed by atoms with van der Waals surface area (Å²) < 4.78 is 1.92. The third-order valence-electron chi connectivity index (χ3n) is 4.89. The molecule has 0 fully saturated rings. The number of nitrogens with zero attached hydrogens (tertiary/aromatic N) is 3. The minimum atomic E-state index is -0.490. The molecular formula is C20H29N5O2S2. The van der Waals surface area contributed by atoms with Gasteiger partial charge in [0, 0.05) is 17.5 Å². The van der Waals surface area contributed by atoms with E-state index in [-0.39, 0.29) is 11.7 Å². The molecule has 3 amide bonds. The molecule has 9 heteroatoms. The first-order chi connectivity index (χ1) is 13.7. The first-order valence-electron chi connectivity index (χ1n) is 9.92. The molecule has 2 aromatic heterocycles. The maximum absolute atomic E-state index is 12.0. The first kappa shape index (κ1) is 21.8. The number of urea groups is 1. The van der Waals surface area contributed by atoms with Crippen LogP contribution < -0.4 is 10.6 Å². The predicted octanol–water partition coefficient (Wildman–Crippen LogP) is 3.77. The minimum absolute atomic E-state index is 0.0999. The summed E-state index contributed by atoms with van der Waals surface area (Å²) in [4.78, 5) is 26.4. The number of amides is 3. The van der Waals surface area contributed by atoms with Crippen molar-refractivity contribution in [1.82, 2.24) is 25.4 Å². The summed E-state index contributed by atoms with van der Waals surface area (Å²) in [7, 11) is 1.91. The van der Waals surface area contributed by atoms with Crippen LogP contribution in [-0.4, -0.2) is 38.0 Å². The van der Waals surface area contributed by atoms with Gasteiger partial charge in [0.2, 0.25) is 5.91 Å². The van der Waals surface area contributed by atoms with Crippen LogP contribution in [0.3, 0.4) is 0 Å². The summed E-state index contributed by atoms with van der Waals surface area (Å²) in [6.07, 6.45) is 4.79. The molecule has 29 heavy (non-hydrogen) atoms. The van der Waals surface area contributed by atoms with Crippen LogP contribution >= 0.6 is 23.1 Å². The fourth-order valence-corrected chi connectivity index (χ4v) is 5.32. The molecule has 0 bridgehead atoms. The molecule has 0 aromatic carbocycles. The standard InChI is InChI=1S/C20H29N5O2S2/c1-6-12-7-8-14-13(9-12)10-15(29-14)17-23-24-19(25(17)5)28-11-16(26)21-18(27)22-20(2,3)4/h10,12H,6-9,11H2,1-5H3,(H2,21,22,26,27). The average molecular weight is 436 g/mol. The predicted molar refractivity (Wildman–Crippen MR) is 117 cm³/mol. The molecule has 2 N–H and O–H groups in total.